The second kappa shape index (κ2) is 3.04. The van der Waals surface area contributed by atoms with E-state index in [4.69, 9.17) is 16.9 Å². The Morgan fingerprint density at radius 2 is 2.23 bits per heavy atom. The lowest BCUT2D eigenvalue weighted by atomic mass is 10.1. The van der Waals surface area contributed by atoms with E-state index in [1.807, 2.05) is 18.2 Å². The summed E-state index contributed by atoms with van der Waals surface area (Å²) in [4.78, 5) is 4.11. The van der Waals surface area contributed by atoms with Gasteiger partial charge in [0.15, 0.2) is 0 Å². The van der Waals surface area contributed by atoms with E-state index in [0.717, 1.165) is 10.9 Å². The lowest BCUT2D eigenvalue weighted by Crippen LogP contribution is -1.81. The van der Waals surface area contributed by atoms with Crippen molar-refractivity contribution in [2.24, 2.45) is 0 Å². The van der Waals surface area contributed by atoms with Crippen molar-refractivity contribution >= 4 is 22.5 Å². The molecule has 0 amide bonds. The first-order valence-electron chi connectivity index (χ1n) is 3.75. The number of hydrogen-bond acceptors (Lipinski definition) is 2. The minimum absolute atomic E-state index is 0.523. The first-order valence-corrected chi connectivity index (χ1v) is 4.13. The SMILES string of the molecule is N#Cc1cc(Cl)c2ncccc2c1. The number of pyridine rings is 1. The number of halogens is 1. The van der Waals surface area contributed by atoms with Gasteiger partial charge in [0.2, 0.25) is 0 Å². The van der Waals surface area contributed by atoms with Crippen molar-refractivity contribution < 1.29 is 0 Å². The molecule has 62 valence electrons. The number of nitriles is 1. The summed E-state index contributed by atoms with van der Waals surface area (Å²) in [5.74, 6) is 0. The predicted molar refractivity (Wildman–Crippen MR) is 51.5 cm³/mol. The molecule has 0 aliphatic rings. The Labute approximate surface area is 80.4 Å². The number of aromatic nitrogens is 1. The van der Waals surface area contributed by atoms with Crippen LogP contribution < -0.4 is 0 Å². The molecule has 1 aromatic carbocycles. The van der Waals surface area contributed by atoms with Gasteiger partial charge in [0.1, 0.15) is 0 Å². The average Bonchev–Trinajstić information content (AvgIpc) is 2.18. The Bertz CT molecular complexity index is 500. The second-order valence-electron chi connectivity index (χ2n) is 2.64. The lowest BCUT2D eigenvalue weighted by Gasteiger charge is -1.98. The van der Waals surface area contributed by atoms with Gasteiger partial charge in [-0.05, 0) is 18.2 Å². The van der Waals surface area contributed by atoms with Crippen LogP contribution in [0.5, 0.6) is 0 Å². The van der Waals surface area contributed by atoms with E-state index < -0.39 is 0 Å². The molecule has 0 fully saturated rings. The van der Waals surface area contributed by atoms with Gasteiger partial charge < -0.3 is 0 Å². The maximum atomic E-state index is 8.69. The Morgan fingerprint density at radius 3 is 3.00 bits per heavy atom. The van der Waals surface area contributed by atoms with Crippen LogP contribution in [0, 0.1) is 11.3 Å². The summed E-state index contributed by atoms with van der Waals surface area (Å²) in [5.41, 5.74) is 1.30. The lowest BCUT2D eigenvalue weighted by molar-refractivity contribution is 1.40. The number of rotatable bonds is 0. The third-order valence-electron chi connectivity index (χ3n) is 1.79. The van der Waals surface area contributed by atoms with Crippen LogP contribution in [-0.2, 0) is 0 Å². The Hall–Kier alpha value is -1.59. The van der Waals surface area contributed by atoms with Crippen LogP contribution in [0.3, 0.4) is 0 Å². The molecule has 0 N–H and O–H groups in total. The van der Waals surface area contributed by atoms with Crippen LogP contribution in [0.4, 0.5) is 0 Å². The molecule has 0 aliphatic heterocycles. The Balaban J connectivity index is 2.86. The van der Waals surface area contributed by atoms with Crippen molar-refractivity contribution in [2.45, 2.75) is 0 Å². The molecular weight excluding hydrogens is 184 g/mol. The van der Waals surface area contributed by atoms with Crippen molar-refractivity contribution in [3.05, 3.63) is 41.0 Å². The van der Waals surface area contributed by atoms with E-state index in [1.54, 1.807) is 18.3 Å². The van der Waals surface area contributed by atoms with Crippen molar-refractivity contribution in [3.63, 3.8) is 0 Å². The summed E-state index contributed by atoms with van der Waals surface area (Å²) in [6, 6.07) is 9.14. The molecule has 3 heteroatoms. The number of benzene rings is 1. The van der Waals surface area contributed by atoms with Crippen molar-refractivity contribution in [2.75, 3.05) is 0 Å². The normalized spacial score (nSPS) is 9.85. The molecule has 0 bridgehead atoms. The summed E-state index contributed by atoms with van der Waals surface area (Å²) in [6.45, 7) is 0. The zero-order chi connectivity index (χ0) is 9.26. The van der Waals surface area contributed by atoms with Gasteiger partial charge >= 0.3 is 0 Å². The molecule has 1 aromatic heterocycles. The summed E-state index contributed by atoms with van der Waals surface area (Å²) in [7, 11) is 0. The largest absolute Gasteiger partial charge is 0.255 e. The summed E-state index contributed by atoms with van der Waals surface area (Å²) < 4.78 is 0. The van der Waals surface area contributed by atoms with Crippen molar-refractivity contribution in [1.29, 1.82) is 5.26 Å². The topological polar surface area (TPSA) is 36.7 Å². The van der Waals surface area contributed by atoms with Gasteiger partial charge in [-0.25, -0.2) is 0 Å². The van der Waals surface area contributed by atoms with Gasteiger partial charge in [0.25, 0.3) is 0 Å². The summed E-state index contributed by atoms with van der Waals surface area (Å²) in [5, 5.41) is 10.1. The highest BCUT2D eigenvalue weighted by atomic mass is 35.5. The smallest absolute Gasteiger partial charge is 0.0992 e. The molecule has 0 unspecified atom stereocenters. The summed E-state index contributed by atoms with van der Waals surface area (Å²) in [6.07, 6.45) is 1.68. The van der Waals surface area contributed by atoms with Crippen molar-refractivity contribution in [3.8, 4) is 6.07 Å². The average molecular weight is 189 g/mol. The van der Waals surface area contributed by atoms with Crippen molar-refractivity contribution in [1.82, 2.24) is 4.98 Å². The molecule has 13 heavy (non-hydrogen) atoms. The molecule has 2 rings (SSSR count). The van der Waals surface area contributed by atoms with Crippen LogP contribution in [0.25, 0.3) is 10.9 Å². The zero-order valence-corrected chi connectivity index (χ0v) is 7.42. The van der Waals surface area contributed by atoms with E-state index in [-0.39, 0.29) is 0 Å². The first kappa shape index (κ1) is 8.03. The molecule has 0 atom stereocenters. The molecule has 1 heterocycles. The Kier molecular flexibility index (Phi) is 1.88. The molecular formula is C10H5ClN2. The minimum Gasteiger partial charge on any atom is -0.255 e. The monoisotopic (exact) mass is 188 g/mol. The molecule has 0 spiro atoms. The van der Waals surface area contributed by atoms with E-state index in [0.29, 0.717) is 10.6 Å². The highest BCUT2D eigenvalue weighted by Crippen LogP contribution is 2.22. The van der Waals surface area contributed by atoms with E-state index in [9.17, 15) is 0 Å². The van der Waals surface area contributed by atoms with Gasteiger partial charge in [-0.15, -0.1) is 0 Å². The molecule has 0 saturated carbocycles. The fraction of sp³-hybridized carbons (Fsp3) is 0. The standard InChI is InChI=1S/C10H5ClN2/c11-9-5-7(6-12)4-8-2-1-3-13-10(8)9/h1-5H. The molecule has 0 saturated heterocycles. The fourth-order valence-corrected chi connectivity index (χ4v) is 1.49. The number of hydrogen-bond donors (Lipinski definition) is 0. The molecule has 2 aromatic rings. The van der Waals surface area contributed by atoms with E-state index >= 15 is 0 Å². The maximum Gasteiger partial charge on any atom is 0.0992 e. The predicted octanol–water partition coefficient (Wildman–Crippen LogP) is 2.76. The Morgan fingerprint density at radius 1 is 1.38 bits per heavy atom. The third kappa shape index (κ3) is 1.34. The number of nitrogens with zero attached hydrogens (tertiary/aromatic N) is 2. The van der Waals surface area contributed by atoms with Crippen LogP contribution >= 0.6 is 11.6 Å². The van der Waals surface area contributed by atoms with Gasteiger partial charge in [0.05, 0.1) is 22.2 Å². The van der Waals surface area contributed by atoms with Gasteiger partial charge in [-0.2, -0.15) is 5.26 Å². The highest BCUT2D eigenvalue weighted by molar-refractivity contribution is 6.35. The van der Waals surface area contributed by atoms with Crippen LogP contribution in [0.2, 0.25) is 5.02 Å². The maximum absolute atomic E-state index is 8.69. The third-order valence-corrected chi connectivity index (χ3v) is 2.08. The first-order chi connectivity index (χ1) is 6.31. The zero-order valence-electron chi connectivity index (χ0n) is 6.66. The quantitative estimate of drug-likeness (QED) is 0.638. The van der Waals surface area contributed by atoms with Gasteiger partial charge in [-0.1, -0.05) is 17.7 Å². The minimum atomic E-state index is 0.523. The van der Waals surface area contributed by atoms with Crippen LogP contribution in [-0.4, -0.2) is 4.98 Å². The molecule has 2 nitrogen and oxygen atoms in total. The van der Waals surface area contributed by atoms with E-state index in [1.165, 1.54) is 0 Å². The van der Waals surface area contributed by atoms with Crippen LogP contribution in [0.1, 0.15) is 5.56 Å². The fourth-order valence-electron chi connectivity index (χ4n) is 1.21. The summed E-state index contributed by atoms with van der Waals surface area (Å²) >= 11 is 5.93. The highest BCUT2D eigenvalue weighted by Gasteiger charge is 2.01. The van der Waals surface area contributed by atoms with Crippen LogP contribution in [0.15, 0.2) is 30.5 Å². The molecule has 0 aliphatic carbocycles. The number of fused-ring (bicyclic) bond motifs is 1. The van der Waals surface area contributed by atoms with E-state index in [2.05, 4.69) is 4.98 Å². The van der Waals surface area contributed by atoms with Gasteiger partial charge in [0, 0.05) is 11.6 Å². The second-order valence-corrected chi connectivity index (χ2v) is 3.05. The van der Waals surface area contributed by atoms with Gasteiger partial charge in [-0.3, -0.25) is 4.98 Å². The molecule has 0 radical (unpaired) electrons.